The normalized spacial score (nSPS) is 19.6. The van der Waals surface area contributed by atoms with Gasteiger partial charge in [0.05, 0.1) is 24.8 Å². The maximum Gasteiger partial charge on any atom is 0.227 e. The van der Waals surface area contributed by atoms with Crippen LogP contribution in [-0.4, -0.2) is 31.7 Å². The molecule has 1 aliphatic rings. The molecule has 6 heteroatoms. The van der Waals surface area contributed by atoms with Gasteiger partial charge < -0.3 is 15.4 Å². The predicted octanol–water partition coefficient (Wildman–Crippen LogP) is 1.91. The highest BCUT2D eigenvalue weighted by Crippen LogP contribution is 2.23. The Morgan fingerprint density at radius 1 is 1.61 bits per heavy atom. The number of rotatable bonds is 3. The summed E-state index contributed by atoms with van der Waals surface area (Å²) < 4.78 is 19.1. The Labute approximate surface area is 113 Å². The highest BCUT2D eigenvalue weighted by atomic mass is 79.9. The van der Waals surface area contributed by atoms with Crippen molar-refractivity contribution in [3.63, 3.8) is 0 Å². The first kappa shape index (κ1) is 13.5. The summed E-state index contributed by atoms with van der Waals surface area (Å²) in [6.07, 6.45) is 0.141. The van der Waals surface area contributed by atoms with Crippen molar-refractivity contribution in [2.24, 2.45) is 0 Å². The van der Waals surface area contributed by atoms with Crippen molar-refractivity contribution in [3.8, 4) is 0 Å². The molecular formula is C12H14BrFN2O2. The third kappa shape index (κ3) is 3.76. The van der Waals surface area contributed by atoms with Crippen LogP contribution in [0.15, 0.2) is 22.7 Å². The van der Waals surface area contributed by atoms with E-state index in [4.69, 9.17) is 4.74 Å². The number of carbonyl (C=O) groups is 1. The van der Waals surface area contributed by atoms with Gasteiger partial charge >= 0.3 is 0 Å². The Bertz CT molecular complexity index is 436. The van der Waals surface area contributed by atoms with Crippen molar-refractivity contribution in [2.75, 3.05) is 25.0 Å². The molecule has 0 saturated carbocycles. The Kier molecular flexibility index (Phi) is 4.68. The Morgan fingerprint density at radius 3 is 3.17 bits per heavy atom. The molecule has 2 rings (SSSR count). The molecule has 1 heterocycles. The average Bonchev–Trinajstić information content (AvgIpc) is 2.35. The van der Waals surface area contributed by atoms with Crippen molar-refractivity contribution >= 4 is 27.5 Å². The molecular weight excluding hydrogens is 303 g/mol. The predicted molar refractivity (Wildman–Crippen MR) is 70.0 cm³/mol. The number of anilines is 1. The molecule has 0 aromatic heterocycles. The van der Waals surface area contributed by atoms with Gasteiger partial charge in [0.2, 0.25) is 5.91 Å². The minimum absolute atomic E-state index is 0.119. The molecule has 1 aromatic rings. The lowest BCUT2D eigenvalue weighted by molar-refractivity contribution is -0.119. The number of carbonyl (C=O) groups excluding carboxylic acids is 1. The number of halogens is 2. The molecule has 1 unspecified atom stereocenters. The van der Waals surface area contributed by atoms with Gasteiger partial charge in [0.15, 0.2) is 0 Å². The van der Waals surface area contributed by atoms with E-state index >= 15 is 0 Å². The fourth-order valence-corrected chi connectivity index (χ4v) is 2.10. The molecule has 1 amide bonds. The Morgan fingerprint density at radius 2 is 2.44 bits per heavy atom. The van der Waals surface area contributed by atoms with Gasteiger partial charge in [0, 0.05) is 17.6 Å². The summed E-state index contributed by atoms with van der Waals surface area (Å²) in [4.78, 5) is 11.8. The molecule has 98 valence electrons. The second kappa shape index (κ2) is 6.26. The van der Waals surface area contributed by atoms with Crippen LogP contribution in [0.4, 0.5) is 10.1 Å². The minimum Gasteiger partial charge on any atom is -0.375 e. The molecule has 1 fully saturated rings. The first-order chi connectivity index (χ1) is 8.65. The second-order valence-electron chi connectivity index (χ2n) is 4.07. The van der Waals surface area contributed by atoms with E-state index < -0.39 is 0 Å². The van der Waals surface area contributed by atoms with E-state index in [2.05, 4.69) is 26.6 Å². The van der Waals surface area contributed by atoms with Crippen molar-refractivity contribution in [3.05, 3.63) is 28.5 Å². The fraction of sp³-hybridized carbons (Fsp3) is 0.417. The molecule has 2 N–H and O–H groups in total. The molecule has 0 spiro atoms. The Balaban J connectivity index is 1.92. The van der Waals surface area contributed by atoms with Gasteiger partial charge in [-0.25, -0.2) is 4.39 Å². The van der Waals surface area contributed by atoms with Crippen molar-refractivity contribution in [1.29, 1.82) is 0 Å². The second-order valence-corrected chi connectivity index (χ2v) is 4.93. The van der Waals surface area contributed by atoms with E-state index in [1.54, 1.807) is 6.07 Å². The number of nitrogens with one attached hydrogen (secondary N) is 2. The topological polar surface area (TPSA) is 50.4 Å². The molecule has 1 atom stereocenters. The lowest BCUT2D eigenvalue weighted by Crippen LogP contribution is -2.40. The summed E-state index contributed by atoms with van der Waals surface area (Å²) in [7, 11) is 0. The van der Waals surface area contributed by atoms with E-state index in [0.717, 1.165) is 6.54 Å². The highest BCUT2D eigenvalue weighted by molar-refractivity contribution is 9.10. The number of benzene rings is 1. The molecule has 18 heavy (non-hydrogen) atoms. The van der Waals surface area contributed by atoms with Crippen LogP contribution < -0.4 is 10.6 Å². The van der Waals surface area contributed by atoms with Crippen molar-refractivity contribution < 1.29 is 13.9 Å². The van der Waals surface area contributed by atoms with Crippen LogP contribution in [0.5, 0.6) is 0 Å². The summed E-state index contributed by atoms with van der Waals surface area (Å²) in [6.45, 7) is 2.09. The van der Waals surface area contributed by atoms with E-state index in [1.807, 2.05) is 0 Å². The lowest BCUT2D eigenvalue weighted by Gasteiger charge is -2.23. The standard InChI is InChI=1S/C12H14BrFN2O2/c13-10-2-1-8(14)5-11(10)16-12(17)6-9-7-15-3-4-18-9/h1-2,5,9,15H,3-4,6-7H2,(H,16,17). The third-order valence-electron chi connectivity index (χ3n) is 2.62. The van der Waals surface area contributed by atoms with Crippen molar-refractivity contribution in [1.82, 2.24) is 5.32 Å². The van der Waals surface area contributed by atoms with Gasteiger partial charge in [-0.2, -0.15) is 0 Å². The zero-order valence-electron chi connectivity index (χ0n) is 9.71. The number of ether oxygens (including phenoxy) is 1. The maximum atomic E-state index is 13.0. The lowest BCUT2D eigenvalue weighted by atomic mass is 10.2. The van der Waals surface area contributed by atoms with Crippen LogP contribution in [0.1, 0.15) is 6.42 Å². The van der Waals surface area contributed by atoms with Crippen LogP contribution in [0, 0.1) is 5.82 Å². The smallest absolute Gasteiger partial charge is 0.227 e. The van der Waals surface area contributed by atoms with Gasteiger partial charge in [0.25, 0.3) is 0 Å². The van der Waals surface area contributed by atoms with Crippen molar-refractivity contribution in [2.45, 2.75) is 12.5 Å². The van der Waals surface area contributed by atoms with Gasteiger partial charge in [-0.15, -0.1) is 0 Å². The molecule has 4 nitrogen and oxygen atoms in total. The van der Waals surface area contributed by atoms with E-state index in [1.165, 1.54) is 12.1 Å². The first-order valence-corrected chi connectivity index (χ1v) is 6.51. The van der Waals surface area contributed by atoms with E-state index in [-0.39, 0.29) is 24.2 Å². The molecule has 1 aromatic carbocycles. The van der Waals surface area contributed by atoms with Crippen LogP contribution in [0.2, 0.25) is 0 Å². The monoisotopic (exact) mass is 316 g/mol. The van der Waals surface area contributed by atoms with Gasteiger partial charge in [-0.1, -0.05) is 0 Å². The summed E-state index contributed by atoms with van der Waals surface area (Å²) in [6, 6.07) is 4.17. The van der Waals surface area contributed by atoms with Gasteiger partial charge in [0.1, 0.15) is 5.82 Å². The number of morpholine rings is 1. The molecule has 1 aliphatic heterocycles. The summed E-state index contributed by atoms with van der Waals surface area (Å²) >= 11 is 3.26. The maximum absolute atomic E-state index is 13.0. The minimum atomic E-state index is -0.385. The average molecular weight is 317 g/mol. The zero-order chi connectivity index (χ0) is 13.0. The number of amides is 1. The number of hydrogen-bond acceptors (Lipinski definition) is 3. The largest absolute Gasteiger partial charge is 0.375 e. The SMILES string of the molecule is O=C(CC1CNCCO1)Nc1cc(F)ccc1Br. The third-order valence-corrected chi connectivity index (χ3v) is 3.31. The Hall–Kier alpha value is -0.980. The first-order valence-electron chi connectivity index (χ1n) is 5.72. The van der Waals surface area contributed by atoms with Gasteiger partial charge in [-0.3, -0.25) is 4.79 Å². The zero-order valence-corrected chi connectivity index (χ0v) is 11.3. The van der Waals surface area contributed by atoms with Crippen LogP contribution in [0.3, 0.4) is 0 Å². The van der Waals surface area contributed by atoms with Gasteiger partial charge in [-0.05, 0) is 34.1 Å². The van der Waals surface area contributed by atoms with Crippen LogP contribution in [-0.2, 0) is 9.53 Å². The van der Waals surface area contributed by atoms with Crippen LogP contribution in [0.25, 0.3) is 0 Å². The molecule has 0 bridgehead atoms. The fourth-order valence-electron chi connectivity index (χ4n) is 1.75. The summed E-state index contributed by atoms with van der Waals surface area (Å²) in [5.74, 6) is -0.570. The molecule has 0 aliphatic carbocycles. The molecule has 0 radical (unpaired) electrons. The van der Waals surface area contributed by atoms with E-state index in [9.17, 15) is 9.18 Å². The highest BCUT2D eigenvalue weighted by Gasteiger charge is 2.17. The number of hydrogen-bond donors (Lipinski definition) is 2. The van der Waals surface area contributed by atoms with Crippen LogP contribution >= 0.6 is 15.9 Å². The summed E-state index contributed by atoms with van der Waals surface area (Å²) in [5, 5.41) is 5.82. The summed E-state index contributed by atoms with van der Waals surface area (Å²) in [5.41, 5.74) is 0.434. The molecule has 1 saturated heterocycles. The quantitative estimate of drug-likeness (QED) is 0.895. The van der Waals surface area contributed by atoms with E-state index in [0.29, 0.717) is 23.3 Å².